The number of ether oxygens (including phenoxy) is 2. The van der Waals surface area contributed by atoms with Crippen molar-refractivity contribution in [2.45, 2.75) is 90.6 Å². The Hall–Kier alpha value is -0.350. The van der Waals surface area contributed by atoms with Gasteiger partial charge in [-0.2, -0.15) is 0 Å². The fraction of sp³-hybridized carbons (Fsp3) is 0.850. The molecular weight excluding hydrogens is 368 g/mol. The Morgan fingerprint density at radius 2 is 1.58 bits per heavy atom. The molecule has 0 aliphatic rings. The molecule has 0 saturated heterocycles. The van der Waals surface area contributed by atoms with Crippen molar-refractivity contribution in [3.63, 3.8) is 0 Å². The van der Waals surface area contributed by atoms with Gasteiger partial charge in [-0.05, 0) is 44.9 Å². The summed E-state index contributed by atoms with van der Waals surface area (Å²) >= 11 is 3.43. The normalized spacial score (nSPS) is 12.6. The predicted molar refractivity (Wildman–Crippen MR) is 106 cm³/mol. The molecular formula is C20H37BrO3. The summed E-state index contributed by atoms with van der Waals surface area (Å²) in [6.07, 6.45) is 16.1. The fourth-order valence-corrected chi connectivity index (χ4v) is 2.79. The number of esters is 1. The highest BCUT2D eigenvalue weighted by atomic mass is 79.9. The van der Waals surface area contributed by atoms with Crippen molar-refractivity contribution in [1.82, 2.24) is 0 Å². The number of unbranched alkanes of at least 4 members (excludes halogenated alkanes) is 7. The van der Waals surface area contributed by atoms with Crippen molar-refractivity contribution in [2.75, 3.05) is 18.5 Å². The van der Waals surface area contributed by atoms with Crippen LogP contribution in [0.5, 0.6) is 0 Å². The van der Waals surface area contributed by atoms with Gasteiger partial charge in [-0.15, -0.1) is 0 Å². The Bertz CT molecular complexity index is 305. The predicted octanol–water partition coefficient (Wildman–Crippen LogP) is 6.20. The monoisotopic (exact) mass is 404 g/mol. The number of carbonyl (C=O) groups excluding carboxylic acids is 1. The van der Waals surface area contributed by atoms with Crippen LogP contribution in [0.1, 0.15) is 84.5 Å². The Kier molecular flexibility index (Phi) is 18.7. The summed E-state index contributed by atoms with van der Waals surface area (Å²) in [4.78, 5) is 12.0. The first-order chi connectivity index (χ1) is 11.8. The van der Waals surface area contributed by atoms with Crippen molar-refractivity contribution < 1.29 is 14.3 Å². The number of halogens is 1. The number of carbonyl (C=O) groups is 1. The highest BCUT2D eigenvalue weighted by molar-refractivity contribution is 9.09. The SMILES string of the molecule is CC/C=C\CCCCCOC(CC)C(=O)OCCCCCCCBr. The Morgan fingerprint density at radius 1 is 0.917 bits per heavy atom. The van der Waals surface area contributed by atoms with Gasteiger partial charge >= 0.3 is 5.97 Å². The second-order valence-corrected chi connectivity index (χ2v) is 6.91. The van der Waals surface area contributed by atoms with Gasteiger partial charge < -0.3 is 9.47 Å². The first-order valence-electron chi connectivity index (χ1n) is 9.75. The van der Waals surface area contributed by atoms with E-state index in [0.717, 1.165) is 43.9 Å². The van der Waals surface area contributed by atoms with Gasteiger partial charge in [0.2, 0.25) is 0 Å². The molecule has 0 spiro atoms. The van der Waals surface area contributed by atoms with Crippen LogP contribution in [0.15, 0.2) is 12.2 Å². The smallest absolute Gasteiger partial charge is 0.335 e. The molecule has 0 fully saturated rings. The van der Waals surface area contributed by atoms with E-state index in [1.54, 1.807) is 0 Å². The molecule has 0 aliphatic heterocycles. The lowest BCUT2D eigenvalue weighted by atomic mass is 10.2. The zero-order chi connectivity index (χ0) is 17.9. The van der Waals surface area contributed by atoms with E-state index in [2.05, 4.69) is 35.0 Å². The van der Waals surface area contributed by atoms with Crippen molar-refractivity contribution in [1.29, 1.82) is 0 Å². The van der Waals surface area contributed by atoms with Crippen LogP contribution in [0.2, 0.25) is 0 Å². The van der Waals surface area contributed by atoms with Crippen LogP contribution in [0.25, 0.3) is 0 Å². The Balaban J connectivity index is 3.57. The van der Waals surface area contributed by atoms with Gasteiger partial charge in [0.25, 0.3) is 0 Å². The summed E-state index contributed by atoms with van der Waals surface area (Å²) < 4.78 is 11.0. The molecule has 0 heterocycles. The summed E-state index contributed by atoms with van der Waals surface area (Å²) in [5, 5.41) is 1.08. The first-order valence-corrected chi connectivity index (χ1v) is 10.9. The van der Waals surface area contributed by atoms with Gasteiger partial charge in [0.1, 0.15) is 0 Å². The van der Waals surface area contributed by atoms with E-state index in [9.17, 15) is 4.79 Å². The molecule has 1 unspecified atom stereocenters. The second-order valence-electron chi connectivity index (χ2n) is 6.12. The van der Waals surface area contributed by atoms with Gasteiger partial charge in [-0.3, -0.25) is 0 Å². The van der Waals surface area contributed by atoms with Crippen molar-refractivity contribution >= 4 is 21.9 Å². The highest BCUT2D eigenvalue weighted by Crippen LogP contribution is 2.08. The standard InChI is InChI=1S/C20H37BrO3/c1-3-5-6-7-8-11-14-17-23-19(4-2)20(22)24-18-15-12-9-10-13-16-21/h5-6,19H,3-4,7-18H2,1-2H3/b6-5-. The lowest BCUT2D eigenvalue weighted by Crippen LogP contribution is -2.26. The minimum absolute atomic E-state index is 0.191. The van der Waals surface area contributed by atoms with E-state index < -0.39 is 6.10 Å². The summed E-state index contributed by atoms with van der Waals surface area (Å²) in [6, 6.07) is 0. The van der Waals surface area contributed by atoms with Gasteiger partial charge in [0, 0.05) is 11.9 Å². The Morgan fingerprint density at radius 3 is 2.29 bits per heavy atom. The largest absolute Gasteiger partial charge is 0.464 e. The topological polar surface area (TPSA) is 35.5 Å². The molecule has 3 nitrogen and oxygen atoms in total. The molecule has 142 valence electrons. The molecule has 0 saturated carbocycles. The molecule has 0 N–H and O–H groups in total. The number of allylic oxidation sites excluding steroid dienone is 2. The zero-order valence-corrected chi connectivity index (χ0v) is 17.3. The molecule has 0 aliphatic carbocycles. The van der Waals surface area contributed by atoms with E-state index in [0.29, 0.717) is 19.6 Å². The van der Waals surface area contributed by atoms with Gasteiger partial charge in [0.15, 0.2) is 6.10 Å². The summed E-state index contributed by atoms with van der Waals surface area (Å²) in [7, 11) is 0. The van der Waals surface area contributed by atoms with E-state index in [-0.39, 0.29) is 5.97 Å². The molecule has 0 rings (SSSR count). The van der Waals surface area contributed by atoms with Gasteiger partial charge in [-0.1, -0.05) is 67.6 Å². The van der Waals surface area contributed by atoms with E-state index in [4.69, 9.17) is 9.47 Å². The maximum Gasteiger partial charge on any atom is 0.335 e. The van der Waals surface area contributed by atoms with Crippen LogP contribution in [0, 0.1) is 0 Å². The van der Waals surface area contributed by atoms with Crippen LogP contribution >= 0.6 is 15.9 Å². The molecule has 0 aromatic heterocycles. The number of alkyl halides is 1. The molecule has 0 bridgehead atoms. The quantitative estimate of drug-likeness (QED) is 0.125. The molecule has 0 aromatic carbocycles. The van der Waals surface area contributed by atoms with Crippen molar-refractivity contribution in [3.8, 4) is 0 Å². The third kappa shape index (κ3) is 15.2. The van der Waals surface area contributed by atoms with E-state index in [1.165, 1.54) is 25.7 Å². The number of hydrogen-bond acceptors (Lipinski definition) is 3. The average molecular weight is 405 g/mol. The van der Waals surface area contributed by atoms with Gasteiger partial charge in [-0.25, -0.2) is 4.79 Å². The summed E-state index contributed by atoms with van der Waals surface area (Å²) in [6.45, 7) is 5.30. The van der Waals surface area contributed by atoms with Crippen LogP contribution in [-0.4, -0.2) is 30.6 Å². The fourth-order valence-electron chi connectivity index (χ4n) is 2.40. The third-order valence-corrected chi connectivity index (χ3v) is 4.45. The van der Waals surface area contributed by atoms with Crippen LogP contribution in [0.3, 0.4) is 0 Å². The maximum absolute atomic E-state index is 12.0. The third-order valence-electron chi connectivity index (χ3n) is 3.89. The molecule has 1 atom stereocenters. The molecule has 0 amide bonds. The molecule has 24 heavy (non-hydrogen) atoms. The first kappa shape index (κ1) is 23.6. The number of rotatable bonds is 17. The van der Waals surface area contributed by atoms with Crippen LogP contribution < -0.4 is 0 Å². The van der Waals surface area contributed by atoms with E-state index in [1.807, 2.05) is 6.92 Å². The number of hydrogen-bond donors (Lipinski definition) is 0. The van der Waals surface area contributed by atoms with Crippen LogP contribution in [0.4, 0.5) is 0 Å². The maximum atomic E-state index is 12.0. The molecule has 4 heteroatoms. The van der Waals surface area contributed by atoms with Crippen LogP contribution in [-0.2, 0) is 14.3 Å². The lowest BCUT2D eigenvalue weighted by molar-refractivity contribution is -0.157. The Labute approximate surface area is 157 Å². The lowest BCUT2D eigenvalue weighted by Gasteiger charge is -2.15. The van der Waals surface area contributed by atoms with Gasteiger partial charge in [0.05, 0.1) is 6.61 Å². The summed E-state index contributed by atoms with van der Waals surface area (Å²) in [5.74, 6) is -0.191. The minimum Gasteiger partial charge on any atom is -0.464 e. The second kappa shape index (κ2) is 19.0. The summed E-state index contributed by atoms with van der Waals surface area (Å²) in [5.41, 5.74) is 0. The zero-order valence-electron chi connectivity index (χ0n) is 15.7. The van der Waals surface area contributed by atoms with E-state index >= 15 is 0 Å². The molecule has 0 radical (unpaired) electrons. The van der Waals surface area contributed by atoms with Crippen molar-refractivity contribution in [2.24, 2.45) is 0 Å². The average Bonchev–Trinajstić information content (AvgIpc) is 2.59. The molecule has 0 aromatic rings. The minimum atomic E-state index is -0.390. The van der Waals surface area contributed by atoms with Crippen molar-refractivity contribution in [3.05, 3.63) is 12.2 Å². The highest BCUT2D eigenvalue weighted by Gasteiger charge is 2.18.